The third kappa shape index (κ3) is 5.96. The van der Waals surface area contributed by atoms with Gasteiger partial charge in [-0.2, -0.15) is 0 Å². The Balaban J connectivity index is 1.65. The van der Waals surface area contributed by atoms with Gasteiger partial charge < -0.3 is 14.2 Å². The maximum Gasteiger partial charge on any atom is 0.584 e. The highest BCUT2D eigenvalue weighted by atomic mass is 31.2. The predicted octanol–water partition coefficient (Wildman–Crippen LogP) is 5.38. The van der Waals surface area contributed by atoms with Gasteiger partial charge in [0, 0.05) is 6.42 Å². The molecule has 0 saturated carbocycles. The summed E-state index contributed by atoms with van der Waals surface area (Å²) in [6.07, 6.45) is 0.564. The smallest absolute Gasteiger partial charge is 0.507 e. The molecule has 30 heavy (non-hydrogen) atoms. The number of phenols is 1. The summed E-state index contributed by atoms with van der Waals surface area (Å²) in [5.74, 6) is 0.176. The first-order valence-corrected chi connectivity index (χ1v) is 10.9. The highest BCUT2D eigenvalue weighted by Crippen LogP contribution is 2.44. The first-order valence-electron chi connectivity index (χ1n) is 9.42. The van der Waals surface area contributed by atoms with Crippen LogP contribution in [0.1, 0.15) is 33.5 Å². The van der Waals surface area contributed by atoms with Crippen LogP contribution >= 0.6 is 7.82 Å². The number of phosphoric acid groups is 1. The van der Waals surface area contributed by atoms with Crippen molar-refractivity contribution in [1.29, 1.82) is 0 Å². The fourth-order valence-corrected chi connectivity index (χ4v) is 3.92. The molecule has 3 aromatic carbocycles. The van der Waals surface area contributed by atoms with Gasteiger partial charge in [-0.15, -0.1) is 0 Å². The molecule has 7 heteroatoms. The maximum atomic E-state index is 12.4. The number of hydrogen-bond donors (Lipinski definition) is 2. The Labute approximate surface area is 175 Å². The number of benzene rings is 3. The van der Waals surface area contributed by atoms with E-state index in [9.17, 15) is 19.4 Å². The molecule has 2 N–H and O–H groups in total. The minimum atomic E-state index is -4.39. The average molecular weight is 426 g/mol. The summed E-state index contributed by atoms with van der Waals surface area (Å²) in [5, 5.41) is 9.79. The van der Waals surface area contributed by atoms with E-state index in [0.717, 1.165) is 16.7 Å². The lowest BCUT2D eigenvalue weighted by Gasteiger charge is -2.15. The van der Waals surface area contributed by atoms with Crippen LogP contribution in [-0.4, -0.2) is 15.8 Å². The zero-order valence-corrected chi connectivity index (χ0v) is 17.6. The topological polar surface area (TPSA) is 93.1 Å². The molecule has 0 saturated heterocycles. The third-order valence-electron chi connectivity index (χ3n) is 4.38. The van der Waals surface area contributed by atoms with Gasteiger partial charge in [0.2, 0.25) is 0 Å². The summed E-state index contributed by atoms with van der Waals surface area (Å²) >= 11 is 0. The van der Waals surface area contributed by atoms with Crippen molar-refractivity contribution in [2.24, 2.45) is 0 Å². The van der Waals surface area contributed by atoms with Gasteiger partial charge in [-0.05, 0) is 73.4 Å². The Morgan fingerprint density at radius 3 is 2.27 bits per heavy atom. The van der Waals surface area contributed by atoms with E-state index in [4.69, 9.17) is 9.05 Å². The van der Waals surface area contributed by atoms with Crippen molar-refractivity contribution < 1.29 is 28.4 Å². The molecule has 156 valence electrons. The number of ketones is 1. The quantitative estimate of drug-likeness (QED) is 0.371. The molecule has 0 radical (unpaired) electrons. The van der Waals surface area contributed by atoms with E-state index in [1.54, 1.807) is 54.6 Å². The van der Waals surface area contributed by atoms with Gasteiger partial charge in [0.05, 0.1) is 5.56 Å². The van der Waals surface area contributed by atoms with Gasteiger partial charge in [0.25, 0.3) is 0 Å². The lowest BCUT2D eigenvalue weighted by molar-refractivity contribution is 0.0980. The van der Waals surface area contributed by atoms with Crippen LogP contribution < -0.4 is 9.05 Å². The van der Waals surface area contributed by atoms with E-state index in [1.165, 1.54) is 6.07 Å². The highest BCUT2D eigenvalue weighted by Gasteiger charge is 2.25. The molecule has 0 aromatic heterocycles. The van der Waals surface area contributed by atoms with Crippen molar-refractivity contribution >= 4 is 13.6 Å². The Morgan fingerprint density at radius 1 is 0.900 bits per heavy atom. The predicted molar refractivity (Wildman–Crippen MR) is 114 cm³/mol. The van der Waals surface area contributed by atoms with E-state index in [1.807, 2.05) is 19.9 Å². The van der Waals surface area contributed by atoms with Crippen LogP contribution in [0.5, 0.6) is 17.2 Å². The summed E-state index contributed by atoms with van der Waals surface area (Å²) in [4.78, 5) is 22.4. The zero-order chi connectivity index (χ0) is 21.7. The molecule has 0 spiro atoms. The molecular weight excluding hydrogens is 403 g/mol. The lowest BCUT2D eigenvalue weighted by atomic mass is 10.0. The van der Waals surface area contributed by atoms with Crippen LogP contribution in [-0.2, 0) is 11.0 Å². The summed E-state index contributed by atoms with van der Waals surface area (Å²) in [7, 11) is -4.39. The van der Waals surface area contributed by atoms with Crippen molar-refractivity contribution in [2.75, 3.05) is 0 Å². The molecule has 6 nitrogen and oxygen atoms in total. The summed E-state index contributed by atoms with van der Waals surface area (Å²) < 4.78 is 22.8. The first kappa shape index (κ1) is 21.6. The number of carbonyl (C=O) groups is 1. The van der Waals surface area contributed by atoms with Gasteiger partial charge in [0.15, 0.2) is 5.78 Å². The van der Waals surface area contributed by atoms with Crippen LogP contribution in [0.3, 0.4) is 0 Å². The molecule has 0 heterocycles. The Bertz CT molecular complexity index is 1090. The first-order chi connectivity index (χ1) is 14.2. The number of para-hydroxylation sites is 1. The second-order valence-electron chi connectivity index (χ2n) is 7.06. The summed E-state index contributed by atoms with van der Waals surface area (Å²) in [6.45, 7) is 3.73. The zero-order valence-electron chi connectivity index (χ0n) is 16.7. The second-order valence-corrected chi connectivity index (χ2v) is 8.36. The monoisotopic (exact) mass is 426 g/mol. The van der Waals surface area contributed by atoms with Crippen molar-refractivity contribution in [2.45, 2.75) is 26.7 Å². The molecular formula is C23H23O6P. The number of rotatable bonds is 8. The standard InChI is InChI=1S/C23H23O6P/c1-16-12-17(2)14-20(13-16)29-30(26,27)28-19-7-5-6-18(15-19)10-11-23(25)21-8-3-4-9-22(21)24/h3-9,12-15,24H,10-11H2,1-2H3,(H,26,27). The highest BCUT2D eigenvalue weighted by molar-refractivity contribution is 7.48. The van der Waals surface area contributed by atoms with Gasteiger partial charge in [0.1, 0.15) is 17.2 Å². The maximum absolute atomic E-state index is 12.4. The largest absolute Gasteiger partial charge is 0.584 e. The fourth-order valence-electron chi connectivity index (χ4n) is 3.13. The van der Waals surface area contributed by atoms with Crippen molar-refractivity contribution in [3.8, 4) is 17.2 Å². The molecule has 3 aromatic rings. The number of aromatic hydroxyl groups is 1. The van der Waals surface area contributed by atoms with Gasteiger partial charge >= 0.3 is 7.82 Å². The van der Waals surface area contributed by atoms with Crippen molar-refractivity contribution in [3.05, 3.63) is 89.0 Å². The molecule has 0 aliphatic rings. The van der Waals surface area contributed by atoms with Crippen LogP contribution in [0, 0.1) is 13.8 Å². The molecule has 0 fully saturated rings. The Morgan fingerprint density at radius 2 is 1.57 bits per heavy atom. The van der Waals surface area contributed by atoms with Crippen LogP contribution in [0.2, 0.25) is 0 Å². The number of aryl methyl sites for hydroxylation is 3. The van der Waals surface area contributed by atoms with Gasteiger partial charge in [-0.3, -0.25) is 9.69 Å². The van der Waals surface area contributed by atoms with Gasteiger partial charge in [-0.25, -0.2) is 4.57 Å². The second kappa shape index (κ2) is 9.16. The molecule has 0 aliphatic heterocycles. The number of hydrogen-bond acceptors (Lipinski definition) is 5. The molecule has 0 amide bonds. The van der Waals surface area contributed by atoms with Crippen LogP contribution in [0.4, 0.5) is 0 Å². The summed E-state index contributed by atoms with van der Waals surface area (Å²) in [6, 6.07) is 18.2. The lowest BCUT2D eigenvalue weighted by Crippen LogP contribution is -2.03. The SMILES string of the molecule is Cc1cc(C)cc(OP(=O)(O)Oc2cccc(CCC(=O)c3ccccc3O)c2)c1. The minimum Gasteiger partial charge on any atom is -0.507 e. The number of phosphoric ester groups is 1. The van der Waals surface area contributed by atoms with E-state index >= 15 is 0 Å². The molecule has 0 aliphatic carbocycles. The molecule has 0 bridgehead atoms. The normalized spacial score (nSPS) is 12.8. The minimum absolute atomic E-state index is 0.0515. The van der Waals surface area contributed by atoms with E-state index in [-0.39, 0.29) is 35.0 Å². The summed E-state index contributed by atoms with van der Waals surface area (Å²) in [5.41, 5.74) is 2.83. The molecule has 1 unspecified atom stereocenters. The van der Waals surface area contributed by atoms with Gasteiger partial charge in [-0.1, -0.05) is 30.3 Å². The third-order valence-corrected chi connectivity index (χ3v) is 5.26. The Kier molecular flexibility index (Phi) is 6.60. The fraction of sp³-hybridized carbons (Fsp3) is 0.174. The van der Waals surface area contributed by atoms with E-state index < -0.39 is 7.82 Å². The van der Waals surface area contributed by atoms with Crippen LogP contribution in [0.15, 0.2) is 66.7 Å². The number of Topliss-reactive ketones (excluding diaryl/α,β-unsaturated/α-hetero) is 1. The van der Waals surface area contributed by atoms with Crippen molar-refractivity contribution in [1.82, 2.24) is 0 Å². The van der Waals surface area contributed by atoms with Crippen LogP contribution in [0.25, 0.3) is 0 Å². The van der Waals surface area contributed by atoms with E-state index in [2.05, 4.69) is 0 Å². The van der Waals surface area contributed by atoms with Crippen molar-refractivity contribution in [3.63, 3.8) is 0 Å². The number of phenolic OH excluding ortho intramolecular Hbond substituents is 1. The Hall–Kier alpha value is -3.08. The molecule has 1 atom stereocenters. The average Bonchev–Trinajstić information content (AvgIpc) is 2.65. The number of carbonyl (C=O) groups excluding carboxylic acids is 1. The molecule has 3 rings (SSSR count). The van der Waals surface area contributed by atoms with E-state index in [0.29, 0.717) is 6.42 Å².